The minimum Gasteiger partial charge on any atom is -0.392 e. The number of hydrogen-bond acceptors (Lipinski definition) is 5. The van der Waals surface area contributed by atoms with Crippen LogP contribution in [0.2, 0.25) is 0 Å². The van der Waals surface area contributed by atoms with Crippen LogP contribution in [0.4, 0.5) is 5.00 Å². The molecule has 0 saturated carbocycles. The van der Waals surface area contributed by atoms with E-state index in [0.717, 1.165) is 25.1 Å². The second-order valence-electron chi connectivity index (χ2n) is 5.61. The number of anilines is 1. The van der Waals surface area contributed by atoms with Crippen molar-refractivity contribution in [3.63, 3.8) is 0 Å². The van der Waals surface area contributed by atoms with Crippen LogP contribution in [-0.2, 0) is 6.54 Å². The van der Waals surface area contributed by atoms with Gasteiger partial charge >= 0.3 is 0 Å². The molecule has 2 heterocycles. The molecule has 1 amide bonds. The van der Waals surface area contributed by atoms with Crippen molar-refractivity contribution in [2.24, 2.45) is 0 Å². The number of carbonyl (C=O) groups is 1. The summed E-state index contributed by atoms with van der Waals surface area (Å²) in [5.41, 5.74) is 2.09. The lowest BCUT2D eigenvalue weighted by Crippen LogP contribution is -2.21. The fourth-order valence-electron chi connectivity index (χ4n) is 2.69. The van der Waals surface area contributed by atoms with Crippen molar-refractivity contribution in [3.05, 3.63) is 52.4 Å². The molecule has 0 spiro atoms. The van der Waals surface area contributed by atoms with E-state index < -0.39 is 0 Å². The van der Waals surface area contributed by atoms with Crippen LogP contribution in [0.15, 0.2) is 35.7 Å². The number of carbonyl (C=O) groups excluding carboxylic acids is 1. The lowest BCUT2D eigenvalue weighted by Gasteiger charge is -2.15. The number of nitriles is 1. The van der Waals surface area contributed by atoms with E-state index in [1.807, 2.05) is 18.2 Å². The van der Waals surface area contributed by atoms with Gasteiger partial charge in [0.25, 0.3) is 5.91 Å². The second kappa shape index (κ2) is 6.92. The van der Waals surface area contributed by atoms with Gasteiger partial charge in [-0.3, -0.25) is 9.69 Å². The van der Waals surface area contributed by atoms with Gasteiger partial charge in [0.15, 0.2) is 0 Å². The summed E-state index contributed by atoms with van der Waals surface area (Å²) >= 11 is 1.34. The first-order valence-electron chi connectivity index (χ1n) is 7.44. The van der Waals surface area contributed by atoms with Gasteiger partial charge in [-0.1, -0.05) is 12.1 Å². The molecule has 1 aromatic carbocycles. The van der Waals surface area contributed by atoms with Crippen molar-refractivity contribution in [3.8, 4) is 6.07 Å². The van der Waals surface area contributed by atoms with Crippen LogP contribution in [0.3, 0.4) is 0 Å². The third-order valence-corrected chi connectivity index (χ3v) is 4.69. The average molecular weight is 327 g/mol. The number of likely N-dealkylation sites (tertiary alicyclic amines) is 1. The normalized spacial score (nSPS) is 17.8. The molecule has 0 radical (unpaired) electrons. The summed E-state index contributed by atoms with van der Waals surface area (Å²) in [6.07, 6.45) is 0.555. The highest BCUT2D eigenvalue weighted by molar-refractivity contribution is 7.14. The molecule has 0 bridgehead atoms. The minimum atomic E-state index is -0.246. The van der Waals surface area contributed by atoms with E-state index >= 15 is 0 Å². The first-order chi connectivity index (χ1) is 11.2. The van der Waals surface area contributed by atoms with Crippen molar-refractivity contribution in [2.75, 3.05) is 18.4 Å². The number of nitrogens with zero attached hydrogens (tertiary/aromatic N) is 2. The SMILES string of the molecule is N#Cc1ccsc1NC(=O)c1cccc(CN2CC[C@H](O)C2)c1. The first-order valence-corrected chi connectivity index (χ1v) is 8.32. The quantitative estimate of drug-likeness (QED) is 0.904. The fraction of sp³-hybridized carbons (Fsp3) is 0.294. The number of amides is 1. The topological polar surface area (TPSA) is 76.4 Å². The molecule has 1 atom stereocenters. The Labute approximate surface area is 138 Å². The summed E-state index contributed by atoms with van der Waals surface area (Å²) in [4.78, 5) is 14.5. The van der Waals surface area contributed by atoms with Gasteiger partial charge in [0.2, 0.25) is 0 Å². The highest BCUT2D eigenvalue weighted by Crippen LogP contribution is 2.23. The zero-order valence-electron chi connectivity index (χ0n) is 12.5. The molecule has 1 aromatic heterocycles. The summed E-state index contributed by atoms with van der Waals surface area (Å²) in [6.45, 7) is 2.27. The van der Waals surface area contributed by atoms with Gasteiger partial charge in [0, 0.05) is 25.2 Å². The van der Waals surface area contributed by atoms with Crippen LogP contribution in [-0.4, -0.2) is 35.1 Å². The van der Waals surface area contributed by atoms with E-state index in [0.29, 0.717) is 22.7 Å². The molecule has 1 saturated heterocycles. The Kier molecular flexibility index (Phi) is 4.72. The van der Waals surface area contributed by atoms with Crippen molar-refractivity contribution in [1.82, 2.24) is 4.90 Å². The molecule has 1 aliphatic rings. The number of nitrogens with one attached hydrogen (secondary N) is 1. The monoisotopic (exact) mass is 327 g/mol. The highest BCUT2D eigenvalue weighted by Gasteiger charge is 2.20. The predicted molar refractivity (Wildman–Crippen MR) is 89.3 cm³/mol. The average Bonchev–Trinajstić information content (AvgIpc) is 3.16. The predicted octanol–water partition coefficient (Wildman–Crippen LogP) is 2.44. The summed E-state index contributed by atoms with van der Waals surface area (Å²) in [5, 5.41) is 23.7. The lowest BCUT2D eigenvalue weighted by atomic mass is 10.1. The molecule has 118 valence electrons. The molecule has 1 aliphatic heterocycles. The van der Waals surface area contributed by atoms with Gasteiger partial charge < -0.3 is 10.4 Å². The number of benzene rings is 1. The van der Waals surface area contributed by atoms with E-state index in [-0.39, 0.29) is 12.0 Å². The number of aliphatic hydroxyl groups is 1. The van der Waals surface area contributed by atoms with E-state index in [4.69, 9.17) is 5.26 Å². The Morgan fingerprint density at radius 2 is 2.35 bits per heavy atom. The minimum absolute atomic E-state index is 0.216. The van der Waals surface area contributed by atoms with Crippen LogP contribution in [0.5, 0.6) is 0 Å². The Bertz CT molecular complexity index is 750. The smallest absolute Gasteiger partial charge is 0.256 e. The Morgan fingerprint density at radius 3 is 3.09 bits per heavy atom. The second-order valence-corrected chi connectivity index (χ2v) is 6.52. The molecule has 2 aromatic rings. The van der Waals surface area contributed by atoms with Crippen LogP contribution >= 0.6 is 11.3 Å². The molecule has 3 rings (SSSR count). The molecule has 0 aliphatic carbocycles. The molecule has 6 heteroatoms. The maximum atomic E-state index is 12.4. The van der Waals surface area contributed by atoms with Gasteiger partial charge in [-0.2, -0.15) is 5.26 Å². The van der Waals surface area contributed by atoms with E-state index in [1.165, 1.54) is 11.3 Å². The highest BCUT2D eigenvalue weighted by atomic mass is 32.1. The number of rotatable bonds is 4. The van der Waals surface area contributed by atoms with Gasteiger partial charge in [-0.15, -0.1) is 11.3 Å². The molecular formula is C17H17N3O2S. The van der Waals surface area contributed by atoms with Crippen molar-refractivity contribution in [2.45, 2.75) is 19.1 Å². The molecule has 0 unspecified atom stereocenters. The number of hydrogen-bond donors (Lipinski definition) is 2. The summed E-state index contributed by atoms with van der Waals surface area (Å²) in [7, 11) is 0. The van der Waals surface area contributed by atoms with Gasteiger partial charge in [-0.25, -0.2) is 0 Å². The maximum Gasteiger partial charge on any atom is 0.256 e. The van der Waals surface area contributed by atoms with Gasteiger partial charge in [0.1, 0.15) is 11.1 Å². The van der Waals surface area contributed by atoms with E-state index in [1.54, 1.807) is 17.5 Å². The number of aliphatic hydroxyl groups excluding tert-OH is 1. The van der Waals surface area contributed by atoms with Crippen molar-refractivity contribution in [1.29, 1.82) is 5.26 Å². The molecule has 2 N–H and O–H groups in total. The first kappa shape index (κ1) is 15.7. The number of β-amino-alcohol motifs (C(OH)–C–C–N with tert-alkyl or cyclic N) is 1. The van der Waals surface area contributed by atoms with Crippen LogP contribution in [0.25, 0.3) is 0 Å². The summed E-state index contributed by atoms with van der Waals surface area (Å²) in [5.74, 6) is -0.216. The lowest BCUT2D eigenvalue weighted by molar-refractivity contribution is 0.102. The molecular weight excluding hydrogens is 310 g/mol. The van der Waals surface area contributed by atoms with Crippen LogP contribution in [0, 0.1) is 11.3 Å². The Morgan fingerprint density at radius 1 is 1.48 bits per heavy atom. The van der Waals surface area contributed by atoms with Crippen molar-refractivity contribution >= 4 is 22.2 Å². The van der Waals surface area contributed by atoms with E-state index in [9.17, 15) is 9.90 Å². The number of thiophene rings is 1. The summed E-state index contributed by atoms with van der Waals surface area (Å²) < 4.78 is 0. The third-order valence-electron chi connectivity index (χ3n) is 3.86. The van der Waals surface area contributed by atoms with Gasteiger partial charge in [0.05, 0.1) is 11.7 Å². The summed E-state index contributed by atoms with van der Waals surface area (Å²) in [6, 6.07) is 11.2. The maximum absolute atomic E-state index is 12.4. The molecule has 5 nitrogen and oxygen atoms in total. The molecule has 1 fully saturated rings. The zero-order chi connectivity index (χ0) is 16.2. The Hall–Kier alpha value is -2.20. The third kappa shape index (κ3) is 3.77. The van der Waals surface area contributed by atoms with Crippen LogP contribution < -0.4 is 5.32 Å². The van der Waals surface area contributed by atoms with E-state index in [2.05, 4.69) is 16.3 Å². The largest absolute Gasteiger partial charge is 0.392 e. The van der Waals surface area contributed by atoms with Crippen molar-refractivity contribution < 1.29 is 9.90 Å². The fourth-order valence-corrected chi connectivity index (χ4v) is 3.43. The standard InChI is InChI=1S/C17H17N3O2S/c18-9-14-5-7-23-17(14)19-16(22)13-3-1-2-12(8-13)10-20-6-4-15(21)11-20/h1-3,5,7-8,15,21H,4,6,10-11H2,(H,19,22)/t15-/m0/s1. The molecule has 23 heavy (non-hydrogen) atoms. The van der Waals surface area contributed by atoms with Gasteiger partial charge in [-0.05, 0) is 35.6 Å². The Balaban J connectivity index is 1.69. The zero-order valence-corrected chi connectivity index (χ0v) is 13.3. The van der Waals surface area contributed by atoms with Crippen LogP contribution in [0.1, 0.15) is 27.9 Å².